The Hall–Kier alpha value is -1.31. The molecule has 1 rings (SSSR count). The molecule has 14 heavy (non-hydrogen) atoms. The predicted octanol–water partition coefficient (Wildman–Crippen LogP) is 2.73. The number of carbonyl (C=O) groups is 1. The molecule has 1 aromatic rings. The van der Waals surface area contributed by atoms with Gasteiger partial charge in [0.15, 0.2) is 0 Å². The number of hydrogen-bond acceptors (Lipinski definition) is 1. The first-order valence-electron chi connectivity index (χ1n) is 4.94. The zero-order chi connectivity index (χ0) is 10.4. The summed E-state index contributed by atoms with van der Waals surface area (Å²) in [5.74, 6) is -0.446. The van der Waals surface area contributed by atoms with Crippen LogP contribution in [0.4, 0.5) is 0 Å². The third kappa shape index (κ3) is 4.08. The first kappa shape index (κ1) is 10.8. The van der Waals surface area contributed by atoms with Gasteiger partial charge in [-0.15, -0.1) is 0 Å². The monoisotopic (exact) mass is 192 g/mol. The molecule has 0 bridgehead atoms. The zero-order valence-electron chi connectivity index (χ0n) is 8.44. The summed E-state index contributed by atoms with van der Waals surface area (Å²) < 4.78 is 0. The van der Waals surface area contributed by atoms with E-state index in [0.717, 1.165) is 12.8 Å². The molecule has 1 atom stereocenters. The van der Waals surface area contributed by atoms with Crippen molar-refractivity contribution in [1.29, 1.82) is 0 Å². The fourth-order valence-corrected chi connectivity index (χ4v) is 1.46. The molecule has 1 aromatic carbocycles. The van der Waals surface area contributed by atoms with Crippen LogP contribution >= 0.6 is 0 Å². The molecule has 0 aromatic heterocycles. The van der Waals surface area contributed by atoms with Gasteiger partial charge >= 0.3 is 5.97 Å². The van der Waals surface area contributed by atoms with Crippen molar-refractivity contribution in [3.05, 3.63) is 35.9 Å². The van der Waals surface area contributed by atoms with Crippen molar-refractivity contribution in [2.24, 2.45) is 5.92 Å². The molecule has 0 saturated carbocycles. The summed E-state index contributed by atoms with van der Waals surface area (Å²) in [5, 5.41) is 8.58. The molecule has 0 amide bonds. The van der Waals surface area contributed by atoms with E-state index in [1.54, 1.807) is 0 Å². The van der Waals surface area contributed by atoms with Gasteiger partial charge in [-0.1, -0.05) is 37.3 Å². The van der Waals surface area contributed by atoms with Gasteiger partial charge in [-0.3, -0.25) is 4.79 Å². The van der Waals surface area contributed by atoms with Gasteiger partial charge in [0, 0.05) is 6.42 Å². The van der Waals surface area contributed by atoms with Crippen LogP contribution < -0.4 is 0 Å². The lowest BCUT2D eigenvalue weighted by Gasteiger charge is -2.07. The molecule has 0 radical (unpaired) electrons. The number of carboxylic acids is 1. The molecule has 0 heterocycles. The van der Waals surface area contributed by atoms with Gasteiger partial charge in [0.25, 0.3) is 0 Å². The van der Waals surface area contributed by atoms with Crippen LogP contribution in [0.25, 0.3) is 0 Å². The molecular formula is C12H16O2. The predicted molar refractivity (Wildman–Crippen MR) is 56.2 cm³/mol. The lowest BCUT2D eigenvalue weighted by Crippen LogP contribution is -2.05. The number of hydrogen-bond donors (Lipinski definition) is 1. The van der Waals surface area contributed by atoms with E-state index in [4.69, 9.17) is 5.11 Å². The van der Waals surface area contributed by atoms with Crippen LogP contribution in [0.3, 0.4) is 0 Å². The number of rotatable bonds is 5. The third-order valence-corrected chi connectivity index (χ3v) is 2.29. The van der Waals surface area contributed by atoms with Gasteiger partial charge in [0.1, 0.15) is 0 Å². The maximum absolute atomic E-state index is 10.4. The van der Waals surface area contributed by atoms with Crippen LogP contribution in [0, 0.1) is 5.92 Å². The van der Waals surface area contributed by atoms with Gasteiger partial charge in [-0.25, -0.2) is 0 Å². The Labute approximate surface area is 84.6 Å². The highest BCUT2D eigenvalue weighted by Gasteiger charge is 2.07. The minimum atomic E-state index is -0.703. The summed E-state index contributed by atoms with van der Waals surface area (Å²) in [6.07, 6.45) is 2.18. The van der Waals surface area contributed by atoms with Crippen LogP contribution in [-0.2, 0) is 11.2 Å². The highest BCUT2D eigenvalue weighted by atomic mass is 16.4. The van der Waals surface area contributed by atoms with Crippen molar-refractivity contribution in [1.82, 2.24) is 0 Å². The Kier molecular flexibility index (Phi) is 4.17. The van der Waals surface area contributed by atoms with Crippen LogP contribution in [-0.4, -0.2) is 11.1 Å². The SMILES string of the molecule is C[C@@H](CCc1ccccc1)CC(=O)O. The Bertz CT molecular complexity index is 280. The Morgan fingerprint density at radius 3 is 2.57 bits per heavy atom. The quantitative estimate of drug-likeness (QED) is 0.778. The van der Waals surface area contributed by atoms with Crippen LogP contribution in [0.1, 0.15) is 25.3 Å². The van der Waals surface area contributed by atoms with E-state index in [1.807, 2.05) is 25.1 Å². The highest BCUT2D eigenvalue weighted by Crippen LogP contribution is 2.12. The van der Waals surface area contributed by atoms with E-state index < -0.39 is 5.97 Å². The first-order chi connectivity index (χ1) is 6.68. The smallest absolute Gasteiger partial charge is 0.303 e. The van der Waals surface area contributed by atoms with Crippen molar-refractivity contribution in [3.63, 3.8) is 0 Å². The van der Waals surface area contributed by atoms with Gasteiger partial charge < -0.3 is 5.11 Å². The Balaban J connectivity index is 2.30. The van der Waals surface area contributed by atoms with E-state index in [0.29, 0.717) is 0 Å². The summed E-state index contributed by atoms with van der Waals surface area (Å²) in [6.45, 7) is 1.98. The van der Waals surface area contributed by atoms with E-state index in [9.17, 15) is 4.79 Å². The number of benzene rings is 1. The molecule has 0 aliphatic rings. The Morgan fingerprint density at radius 1 is 1.36 bits per heavy atom. The summed E-state index contributed by atoms with van der Waals surface area (Å²) in [5.41, 5.74) is 1.28. The average molecular weight is 192 g/mol. The summed E-state index contributed by atoms with van der Waals surface area (Å²) in [7, 11) is 0. The minimum absolute atomic E-state index is 0.257. The second kappa shape index (κ2) is 5.43. The fourth-order valence-electron chi connectivity index (χ4n) is 1.46. The second-order valence-electron chi connectivity index (χ2n) is 3.73. The van der Waals surface area contributed by atoms with Gasteiger partial charge in [-0.05, 0) is 24.3 Å². The molecule has 0 aliphatic carbocycles. The number of aliphatic carboxylic acids is 1. The molecular weight excluding hydrogens is 176 g/mol. The number of carboxylic acid groups (broad SMARTS) is 1. The fraction of sp³-hybridized carbons (Fsp3) is 0.417. The van der Waals surface area contributed by atoms with E-state index in [-0.39, 0.29) is 12.3 Å². The van der Waals surface area contributed by atoms with E-state index in [2.05, 4.69) is 12.1 Å². The molecule has 0 unspecified atom stereocenters. The summed E-state index contributed by atoms with van der Waals surface area (Å²) in [4.78, 5) is 10.4. The highest BCUT2D eigenvalue weighted by molar-refractivity contribution is 5.66. The molecule has 76 valence electrons. The largest absolute Gasteiger partial charge is 0.481 e. The molecule has 0 fully saturated rings. The molecule has 1 N–H and O–H groups in total. The molecule has 0 spiro atoms. The van der Waals surface area contributed by atoms with E-state index >= 15 is 0 Å². The molecule has 2 heteroatoms. The van der Waals surface area contributed by atoms with Crippen LogP contribution in [0.2, 0.25) is 0 Å². The van der Waals surface area contributed by atoms with Crippen molar-refractivity contribution >= 4 is 5.97 Å². The summed E-state index contributed by atoms with van der Waals surface area (Å²) >= 11 is 0. The van der Waals surface area contributed by atoms with Crippen molar-refractivity contribution in [2.75, 3.05) is 0 Å². The number of aryl methyl sites for hydroxylation is 1. The lowest BCUT2D eigenvalue weighted by molar-refractivity contribution is -0.138. The van der Waals surface area contributed by atoms with Gasteiger partial charge in [0.2, 0.25) is 0 Å². The maximum atomic E-state index is 10.4. The first-order valence-corrected chi connectivity index (χ1v) is 4.94. The zero-order valence-corrected chi connectivity index (χ0v) is 8.44. The molecule has 0 aliphatic heterocycles. The van der Waals surface area contributed by atoms with Crippen LogP contribution in [0.15, 0.2) is 30.3 Å². The van der Waals surface area contributed by atoms with Crippen molar-refractivity contribution in [2.45, 2.75) is 26.2 Å². The normalized spacial score (nSPS) is 12.4. The average Bonchev–Trinajstić information content (AvgIpc) is 2.15. The molecule has 2 nitrogen and oxygen atoms in total. The maximum Gasteiger partial charge on any atom is 0.303 e. The third-order valence-electron chi connectivity index (χ3n) is 2.29. The standard InChI is InChI=1S/C12H16O2/c1-10(9-12(13)14)7-8-11-5-3-2-4-6-11/h2-6,10H,7-9H2,1H3,(H,13,14)/t10-/m0/s1. The minimum Gasteiger partial charge on any atom is -0.481 e. The van der Waals surface area contributed by atoms with Gasteiger partial charge in [0.05, 0.1) is 0 Å². The van der Waals surface area contributed by atoms with Crippen molar-refractivity contribution < 1.29 is 9.90 Å². The second-order valence-corrected chi connectivity index (χ2v) is 3.73. The van der Waals surface area contributed by atoms with E-state index in [1.165, 1.54) is 5.56 Å². The van der Waals surface area contributed by atoms with Gasteiger partial charge in [-0.2, -0.15) is 0 Å². The summed E-state index contributed by atoms with van der Waals surface area (Å²) in [6, 6.07) is 10.2. The van der Waals surface area contributed by atoms with Crippen molar-refractivity contribution in [3.8, 4) is 0 Å². The molecule has 0 saturated heterocycles. The van der Waals surface area contributed by atoms with Crippen LogP contribution in [0.5, 0.6) is 0 Å². The Morgan fingerprint density at radius 2 is 2.00 bits per heavy atom. The lowest BCUT2D eigenvalue weighted by atomic mass is 9.98. The topological polar surface area (TPSA) is 37.3 Å².